The van der Waals surface area contributed by atoms with Gasteiger partial charge in [0.15, 0.2) is 0 Å². The molecule has 0 saturated heterocycles. The normalized spacial score (nSPS) is 11.1. The molecule has 0 radical (unpaired) electrons. The molecule has 0 amide bonds. The van der Waals surface area contributed by atoms with Crippen LogP contribution < -0.4 is 10.4 Å². The lowest BCUT2D eigenvalue weighted by Gasteiger charge is -2.02. The Morgan fingerprint density at radius 1 is 1.20 bits per heavy atom. The predicted molar refractivity (Wildman–Crippen MR) is 93.5 cm³/mol. The van der Waals surface area contributed by atoms with Crippen LogP contribution in [0.4, 0.5) is 5.69 Å². The number of aromatic nitrogens is 1. The lowest BCUT2D eigenvalue weighted by Crippen LogP contribution is -2.03. The van der Waals surface area contributed by atoms with E-state index in [1.807, 2.05) is 31.2 Å². The third-order valence-electron chi connectivity index (χ3n) is 3.45. The zero-order valence-electron chi connectivity index (χ0n) is 13.3. The molecule has 0 aliphatic rings. The molecular formula is C18H14N2O5. The molecule has 2 aromatic carbocycles. The summed E-state index contributed by atoms with van der Waals surface area (Å²) >= 11 is 0. The standard InChI is InChI=1S/C18H14N2O5/c1-2-24-14-7-3-12(4-8-14)5-10-17-19-16-9-6-13(20(22)23)11-15(16)18(21)25-17/h3-11H,2H2,1H3. The average molecular weight is 338 g/mol. The molecule has 0 spiro atoms. The Bertz CT molecular complexity index is 1010. The van der Waals surface area contributed by atoms with E-state index in [0.717, 1.165) is 17.4 Å². The number of nitro benzene ring substituents is 1. The molecular weight excluding hydrogens is 324 g/mol. The van der Waals surface area contributed by atoms with Gasteiger partial charge in [-0.2, -0.15) is 0 Å². The molecule has 0 fully saturated rings. The number of nitro groups is 1. The Morgan fingerprint density at radius 3 is 2.64 bits per heavy atom. The smallest absolute Gasteiger partial charge is 0.347 e. The maximum atomic E-state index is 12.0. The Morgan fingerprint density at radius 2 is 1.96 bits per heavy atom. The molecule has 0 aliphatic heterocycles. The van der Waals surface area contributed by atoms with Gasteiger partial charge in [-0.15, -0.1) is 0 Å². The third kappa shape index (κ3) is 3.72. The summed E-state index contributed by atoms with van der Waals surface area (Å²) in [6.07, 6.45) is 3.32. The van der Waals surface area contributed by atoms with E-state index in [0.29, 0.717) is 12.1 Å². The molecule has 1 aromatic heterocycles. The summed E-state index contributed by atoms with van der Waals surface area (Å²) in [5, 5.41) is 10.9. The van der Waals surface area contributed by atoms with Crippen molar-refractivity contribution < 1.29 is 14.1 Å². The van der Waals surface area contributed by atoms with Crippen molar-refractivity contribution >= 4 is 28.7 Å². The second kappa shape index (κ2) is 6.96. The Labute approximate surface area is 142 Å². The van der Waals surface area contributed by atoms with Gasteiger partial charge in [-0.25, -0.2) is 9.78 Å². The van der Waals surface area contributed by atoms with Gasteiger partial charge >= 0.3 is 5.63 Å². The average Bonchev–Trinajstić information content (AvgIpc) is 2.61. The van der Waals surface area contributed by atoms with Crippen molar-refractivity contribution in [2.75, 3.05) is 6.61 Å². The van der Waals surface area contributed by atoms with Gasteiger partial charge in [0, 0.05) is 18.2 Å². The highest BCUT2D eigenvalue weighted by Crippen LogP contribution is 2.18. The summed E-state index contributed by atoms with van der Waals surface area (Å²) in [7, 11) is 0. The van der Waals surface area contributed by atoms with Crippen molar-refractivity contribution in [3.8, 4) is 5.75 Å². The van der Waals surface area contributed by atoms with Gasteiger partial charge < -0.3 is 9.15 Å². The first-order valence-corrected chi connectivity index (χ1v) is 7.57. The second-order valence-electron chi connectivity index (χ2n) is 5.13. The molecule has 7 nitrogen and oxygen atoms in total. The van der Waals surface area contributed by atoms with Crippen molar-refractivity contribution in [2.45, 2.75) is 6.92 Å². The zero-order chi connectivity index (χ0) is 17.8. The molecule has 25 heavy (non-hydrogen) atoms. The van der Waals surface area contributed by atoms with Crippen LogP contribution in [0.3, 0.4) is 0 Å². The highest BCUT2D eigenvalue weighted by Gasteiger charge is 2.11. The van der Waals surface area contributed by atoms with Gasteiger partial charge in [-0.1, -0.05) is 12.1 Å². The van der Waals surface area contributed by atoms with Crippen LogP contribution in [0.5, 0.6) is 5.75 Å². The SMILES string of the molecule is CCOc1ccc(C=Cc2nc3ccc([N+](=O)[O-])cc3c(=O)o2)cc1. The highest BCUT2D eigenvalue weighted by atomic mass is 16.6. The molecule has 126 valence electrons. The molecule has 0 N–H and O–H groups in total. The number of ether oxygens (including phenoxy) is 1. The van der Waals surface area contributed by atoms with Gasteiger partial charge in [0.1, 0.15) is 5.75 Å². The van der Waals surface area contributed by atoms with Crippen molar-refractivity contribution in [1.82, 2.24) is 4.98 Å². The van der Waals surface area contributed by atoms with E-state index < -0.39 is 10.5 Å². The van der Waals surface area contributed by atoms with Crippen LogP contribution in [0.15, 0.2) is 51.7 Å². The Hall–Kier alpha value is -3.48. The molecule has 1 heterocycles. The molecule has 3 rings (SSSR count). The fraction of sp³-hybridized carbons (Fsp3) is 0.111. The number of non-ortho nitro benzene ring substituents is 1. The number of benzene rings is 2. The van der Waals surface area contributed by atoms with Crippen molar-refractivity contribution in [3.05, 3.63) is 74.5 Å². The van der Waals surface area contributed by atoms with E-state index in [1.54, 1.807) is 12.2 Å². The third-order valence-corrected chi connectivity index (χ3v) is 3.45. The topological polar surface area (TPSA) is 95.5 Å². The maximum Gasteiger partial charge on any atom is 0.347 e. The summed E-state index contributed by atoms with van der Waals surface area (Å²) in [6, 6.07) is 11.3. The molecule has 0 unspecified atom stereocenters. The molecule has 7 heteroatoms. The number of fused-ring (bicyclic) bond motifs is 1. The minimum Gasteiger partial charge on any atom is -0.494 e. The van der Waals surface area contributed by atoms with Crippen molar-refractivity contribution in [2.24, 2.45) is 0 Å². The summed E-state index contributed by atoms with van der Waals surface area (Å²) in [4.78, 5) is 26.4. The van der Waals surface area contributed by atoms with E-state index >= 15 is 0 Å². The highest BCUT2D eigenvalue weighted by molar-refractivity contribution is 5.80. The van der Waals surface area contributed by atoms with E-state index in [1.165, 1.54) is 12.1 Å². The quantitative estimate of drug-likeness (QED) is 0.520. The van der Waals surface area contributed by atoms with E-state index in [2.05, 4.69) is 4.98 Å². The van der Waals surface area contributed by atoms with Crippen LogP contribution in [0.25, 0.3) is 23.1 Å². The van der Waals surface area contributed by atoms with E-state index in [4.69, 9.17) is 9.15 Å². The Kier molecular flexibility index (Phi) is 4.56. The van der Waals surface area contributed by atoms with Gasteiger partial charge in [-0.3, -0.25) is 10.1 Å². The first-order chi connectivity index (χ1) is 12.1. The fourth-order valence-corrected chi connectivity index (χ4v) is 2.27. The molecule has 0 atom stereocenters. The summed E-state index contributed by atoms with van der Waals surface area (Å²) in [6.45, 7) is 2.51. The van der Waals surface area contributed by atoms with Crippen LogP contribution in [-0.4, -0.2) is 16.5 Å². The maximum absolute atomic E-state index is 12.0. The van der Waals surface area contributed by atoms with Crippen LogP contribution in [0.2, 0.25) is 0 Å². The van der Waals surface area contributed by atoms with Crippen molar-refractivity contribution in [1.29, 1.82) is 0 Å². The van der Waals surface area contributed by atoms with Gasteiger partial charge in [0.05, 0.1) is 22.4 Å². The number of hydrogen-bond donors (Lipinski definition) is 0. The lowest BCUT2D eigenvalue weighted by molar-refractivity contribution is -0.384. The van der Waals surface area contributed by atoms with E-state index in [9.17, 15) is 14.9 Å². The number of hydrogen-bond acceptors (Lipinski definition) is 6. The predicted octanol–water partition coefficient (Wildman–Crippen LogP) is 3.67. The first kappa shape index (κ1) is 16.4. The monoisotopic (exact) mass is 338 g/mol. The van der Waals surface area contributed by atoms with Crippen LogP contribution >= 0.6 is 0 Å². The number of nitrogens with zero attached hydrogens (tertiary/aromatic N) is 2. The summed E-state index contributed by atoms with van der Waals surface area (Å²) in [5.41, 5.74) is 0.379. The van der Waals surface area contributed by atoms with Crippen LogP contribution in [0, 0.1) is 10.1 Å². The number of rotatable bonds is 5. The van der Waals surface area contributed by atoms with Crippen molar-refractivity contribution in [3.63, 3.8) is 0 Å². The Balaban J connectivity index is 1.90. The molecule has 0 bridgehead atoms. The van der Waals surface area contributed by atoms with Crippen LogP contribution in [0.1, 0.15) is 18.4 Å². The summed E-state index contributed by atoms with van der Waals surface area (Å²) in [5.74, 6) is 0.900. The molecule has 3 aromatic rings. The second-order valence-corrected chi connectivity index (χ2v) is 5.13. The van der Waals surface area contributed by atoms with Gasteiger partial charge in [-0.05, 0) is 36.8 Å². The van der Waals surface area contributed by atoms with Crippen LogP contribution in [-0.2, 0) is 0 Å². The lowest BCUT2D eigenvalue weighted by atomic mass is 10.2. The fourth-order valence-electron chi connectivity index (χ4n) is 2.27. The minimum absolute atomic E-state index is 0.0763. The van der Waals surface area contributed by atoms with E-state index in [-0.39, 0.29) is 17.0 Å². The largest absolute Gasteiger partial charge is 0.494 e. The molecule has 0 aliphatic carbocycles. The molecule has 0 saturated carbocycles. The van der Waals surface area contributed by atoms with Gasteiger partial charge in [0.2, 0.25) is 5.89 Å². The zero-order valence-corrected chi connectivity index (χ0v) is 13.3. The minimum atomic E-state index is -0.667. The summed E-state index contributed by atoms with van der Waals surface area (Å²) < 4.78 is 10.5. The first-order valence-electron chi connectivity index (χ1n) is 7.57. The van der Waals surface area contributed by atoms with Gasteiger partial charge in [0.25, 0.3) is 5.69 Å².